The maximum absolute atomic E-state index is 3.27. The van der Waals surface area contributed by atoms with Crippen LogP contribution in [0.5, 0.6) is 0 Å². The number of rotatable bonds is 4. The van der Waals surface area contributed by atoms with Gasteiger partial charge in [0.25, 0.3) is 0 Å². The summed E-state index contributed by atoms with van der Waals surface area (Å²) in [7, 11) is 3.66. The van der Waals surface area contributed by atoms with Crippen molar-refractivity contribution >= 4 is 21.6 Å². The zero-order chi connectivity index (χ0) is 7.40. The van der Waals surface area contributed by atoms with E-state index in [1.807, 2.05) is 21.6 Å². The van der Waals surface area contributed by atoms with E-state index in [-0.39, 0.29) is 0 Å². The molecule has 0 saturated carbocycles. The van der Waals surface area contributed by atoms with E-state index < -0.39 is 0 Å². The summed E-state index contributed by atoms with van der Waals surface area (Å²) < 4.78 is 1.39. The van der Waals surface area contributed by atoms with Gasteiger partial charge in [-0.15, -0.1) is 0 Å². The first kappa shape index (κ1) is 8.14. The van der Waals surface area contributed by atoms with Gasteiger partial charge in [0.2, 0.25) is 0 Å². The first-order valence-electron chi connectivity index (χ1n) is 3.45. The van der Waals surface area contributed by atoms with E-state index in [9.17, 15) is 0 Å². The minimum Gasteiger partial charge on any atom is -0.371 e. The Balaban J connectivity index is 2.36. The lowest BCUT2D eigenvalue weighted by atomic mass is 10.6. The van der Waals surface area contributed by atoms with Crippen molar-refractivity contribution < 1.29 is 0 Å². The molecule has 1 aliphatic rings. The fraction of sp³-hybridized carbons (Fsp3) is 0.667. The van der Waals surface area contributed by atoms with Crippen molar-refractivity contribution in [1.82, 2.24) is 10.6 Å². The summed E-state index contributed by atoms with van der Waals surface area (Å²) in [6.07, 6.45) is 0. The lowest BCUT2D eigenvalue weighted by molar-refractivity contribution is 0.723. The Hall–Kier alpha value is 0.0400. The zero-order valence-electron chi connectivity index (χ0n) is 6.23. The Bertz CT molecular complexity index is 131. The lowest BCUT2D eigenvalue weighted by Gasteiger charge is -2.07. The fourth-order valence-electron chi connectivity index (χ4n) is 0.665. The number of hydrogen-bond donors (Lipinski definition) is 2. The maximum atomic E-state index is 3.27. The van der Waals surface area contributed by atoms with Crippen molar-refractivity contribution in [1.29, 1.82) is 0 Å². The molecule has 0 aliphatic carbocycles. The molecule has 0 aromatic carbocycles. The van der Waals surface area contributed by atoms with Gasteiger partial charge in [-0.25, -0.2) is 0 Å². The van der Waals surface area contributed by atoms with Gasteiger partial charge in [-0.05, 0) is 35.4 Å². The molecule has 58 valence electrons. The quantitative estimate of drug-likeness (QED) is 0.503. The molecule has 10 heavy (non-hydrogen) atoms. The molecular weight excluding hydrogens is 164 g/mol. The molecule has 2 nitrogen and oxygen atoms in total. The van der Waals surface area contributed by atoms with Gasteiger partial charge in [0.15, 0.2) is 0 Å². The van der Waals surface area contributed by atoms with E-state index in [1.54, 1.807) is 0 Å². The van der Waals surface area contributed by atoms with Crippen LogP contribution in [-0.4, -0.2) is 13.1 Å². The Morgan fingerprint density at radius 3 is 2.00 bits per heavy atom. The van der Waals surface area contributed by atoms with Crippen molar-refractivity contribution in [2.75, 3.05) is 13.1 Å². The highest BCUT2D eigenvalue weighted by Crippen LogP contribution is 2.58. The van der Waals surface area contributed by atoms with Crippen LogP contribution in [0, 0.1) is 0 Å². The second-order valence-electron chi connectivity index (χ2n) is 1.89. The van der Waals surface area contributed by atoms with E-state index in [0.29, 0.717) is 0 Å². The molecule has 0 amide bonds. The Morgan fingerprint density at radius 2 is 1.70 bits per heavy atom. The van der Waals surface area contributed by atoms with E-state index in [0.717, 1.165) is 13.1 Å². The largest absolute Gasteiger partial charge is 0.371 e. The van der Waals surface area contributed by atoms with E-state index in [2.05, 4.69) is 24.5 Å². The van der Waals surface area contributed by atoms with Crippen LogP contribution < -0.4 is 10.6 Å². The lowest BCUT2D eigenvalue weighted by Crippen LogP contribution is -2.25. The predicted octanol–water partition coefficient (Wildman–Crippen LogP) is 1.73. The molecule has 0 radical (unpaired) electrons. The van der Waals surface area contributed by atoms with Gasteiger partial charge in [-0.3, -0.25) is 0 Å². The van der Waals surface area contributed by atoms with Crippen molar-refractivity contribution in [3.8, 4) is 0 Å². The van der Waals surface area contributed by atoms with Crippen LogP contribution in [0.4, 0.5) is 0 Å². The van der Waals surface area contributed by atoms with E-state index in [4.69, 9.17) is 0 Å². The monoisotopic (exact) mass is 176 g/mol. The summed E-state index contributed by atoms with van der Waals surface area (Å²) in [6, 6.07) is 0. The van der Waals surface area contributed by atoms with Crippen molar-refractivity contribution in [2.24, 2.45) is 0 Å². The number of nitrogens with one attached hydrogen (secondary N) is 2. The summed E-state index contributed by atoms with van der Waals surface area (Å²) in [5, 5.41) is 6.54. The summed E-state index contributed by atoms with van der Waals surface area (Å²) in [6.45, 7) is 6.20. The second-order valence-corrected chi connectivity index (χ2v) is 4.30. The van der Waals surface area contributed by atoms with Gasteiger partial charge in [-0.1, -0.05) is 0 Å². The van der Waals surface area contributed by atoms with E-state index in [1.165, 1.54) is 10.1 Å². The van der Waals surface area contributed by atoms with Crippen LogP contribution in [0.15, 0.2) is 10.1 Å². The smallest absolute Gasteiger partial charge is 0.121 e. The first-order valence-corrected chi connectivity index (χ1v) is 5.60. The second kappa shape index (κ2) is 4.03. The summed E-state index contributed by atoms with van der Waals surface area (Å²) >= 11 is 0. The third-order valence-electron chi connectivity index (χ3n) is 1.08. The van der Waals surface area contributed by atoms with Crippen molar-refractivity contribution in [3.05, 3.63) is 10.1 Å². The van der Waals surface area contributed by atoms with Crippen molar-refractivity contribution in [3.63, 3.8) is 0 Å². The molecule has 0 spiro atoms. The Kier molecular flexibility index (Phi) is 3.28. The van der Waals surface area contributed by atoms with Gasteiger partial charge in [-0.2, -0.15) is 0 Å². The predicted molar refractivity (Wildman–Crippen MR) is 49.6 cm³/mol. The van der Waals surface area contributed by atoms with Gasteiger partial charge >= 0.3 is 0 Å². The minimum atomic E-state index is 0.993. The fourth-order valence-corrected chi connectivity index (χ4v) is 1.79. The average Bonchev–Trinajstić information content (AvgIpc) is 2.69. The number of hydrogen-bond acceptors (Lipinski definition) is 4. The van der Waals surface area contributed by atoms with Crippen LogP contribution in [0.1, 0.15) is 13.8 Å². The molecule has 0 atom stereocenters. The van der Waals surface area contributed by atoms with E-state index >= 15 is 0 Å². The van der Waals surface area contributed by atoms with Crippen LogP contribution in [0.3, 0.4) is 0 Å². The Labute approximate surface area is 69.6 Å². The molecule has 0 unspecified atom stereocenters. The highest BCUT2D eigenvalue weighted by Gasteiger charge is 2.20. The van der Waals surface area contributed by atoms with Gasteiger partial charge in [0.1, 0.15) is 10.1 Å². The molecule has 2 N–H and O–H groups in total. The molecule has 1 fully saturated rings. The molecular formula is C6H12N2S2. The maximum Gasteiger partial charge on any atom is 0.121 e. The summed E-state index contributed by atoms with van der Waals surface area (Å²) in [5.74, 6) is 1.21. The van der Waals surface area contributed by atoms with Gasteiger partial charge < -0.3 is 10.6 Å². The molecule has 1 rings (SSSR count). The normalized spacial score (nSPS) is 14.8. The Morgan fingerprint density at radius 1 is 1.20 bits per heavy atom. The molecule has 0 aromatic heterocycles. The first-order chi connectivity index (χ1) is 4.88. The third kappa shape index (κ3) is 2.34. The van der Waals surface area contributed by atoms with Crippen LogP contribution in [0.25, 0.3) is 0 Å². The summed E-state index contributed by atoms with van der Waals surface area (Å²) in [5.41, 5.74) is 0. The molecule has 4 heteroatoms. The third-order valence-corrected chi connectivity index (χ3v) is 2.82. The molecule has 1 saturated heterocycles. The molecule has 0 aromatic rings. The standard InChI is InChI=1S/C6H12N2S2/c1-3-7-5(8-4-2)6-9-10-6/h7-8H,3-4H2,1-2H3. The van der Waals surface area contributed by atoms with Gasteiger partial charge in [0.05, 0.1) is 0 Å². The van der Waals surface area contributed by atoms with Crippen LogP contribution >= 0.6 is 21.6 Å². The van der Waals surface area contributed by atoms with Crippen molar-refractivity contribution in [2.45, 2.75) is 13.8 Å². The van der Waals surface area contributed by atoms with Crippen LogP contribution in [-0.2, 0) is 0 Å². The average molecular weight is 176 g/mol. The highest BCUT2D eigenvalue weighted by molar-refractivity contribution is 8.96. The van der Waals surface area contributed by atoms with Gasteiger partial charge in [0, 0.05) is 13.1 Å². The molecule has 1 heterocycles. The van der Waals surface area contributed by atoms with Crippen LogP contribution in [0.2, 0.25) is 0 Å². The molecule has 0 bridgehead atoms. The minimum absolute atomic E-state index is 0.993. The SMILES string of the molecule is CCNC(NCC)=C1SS1. The zero-order valence-corrected chi connectivity index (χ0v) is 7.86. The topological polar surface area (TPSA) is 24.1 Å². The molecule has 1 aliphatic heterocycles. The highest BCUT2D eigenvalue weighted by atomic mass is 33.2. The summed E-state index contributed by atoms with van der Waals surface area (Å²) in [4.78, 5) is 0.